The van der Waals surface area contributed by atoms with Crippen LogP contribution in [0, 0.1) is 0 Å². The molecule has 21 heavy (non-hydrogen) atoms. The minimum atomic E-state index is -0.169. The lowest BCUT2D eigenvalue weighted by molar-refractivity contribution is -0.0700. The van der Waals surface area contributed by atoms with Gasteiger partial charge in [-0.25, -0.2) is 0 Å². The van der Waals surface area contributed by atoms with Gasteiger partial charge in [0.15, 0.2) is 5.82 Å². The highest BCUT2D eigenvalue weighted by Gasteiger charge is 2.45. The molecule has 2 heterocycles. The van der Waals surface area contributed by atoms with Crippen molar-refractivity contribution in [1.82, 2.24) is 15.5 Å². The van der Waals surface area contributed by atoms with Gasteiger partial charge in [0.25, 0.3) is 0 Å². The van der Waals surface area contributed by atoms with Gasteiger partial charge >= 0.3 is 0 Å². The zero-order valence-corrected chi connectivity index (χ0v) is 13.6. The highest BCUT2D eigenvalue weighted by molar-refractivity contribution is 5.01. The van der Waals surface area contributed by atoms with E-state index in [2.05, 4.69) is 43.2 Å². The predicted octanol–water partition coefficient (Wildman–Crippen LogP) is 3.16. The summed E-state index contributed by atoms with van der Waals surface area (Å²) >= 11 is 0. The molecule has 1 atom stereocenters. The van der Waals surface area contributed by atoms with Crippen molar-refractivity contribution in [2.24, 2.45) is 0 Å². The van der Waals surface area contributed by atoms with E-state index in [0.717, 1.165) is 12.2 Å². The largest absolute Gasteiger partial charge is 0.368 e. The first kappa shape index (κ1) is 15.0. The molecule has 0 radical (unpaired) electrons. The molecule has 0 aromatic carbocycles. The van der Waals surface area contributed by atoms with Gasteiger partial charge in [-0.05, 0) is 47.0 Å². The summed E-state index contributed by atoms with van der Waals surface area (Å²) in [5.41, 5.74) is -0.247. The van der Waals surface area contributed by atoms with Gasteiger partial charge in [0.1, 0.15) is 0 Å². The monoisotopic (exact) mass is 293 g/mol. The van der Waals surface area contributed by atoms with E-state index in [4.69, 9.17) is 9.26 Å². The van der Waals surface area contributed by atoms with E-state index in [-0.39, 0.29) is 11.2 Å². The highest BCUT2D eigenvalue weighted by atomic mass is 16.5. The van der Waals surface area contributed by atoms with E-state index in [9.17, 15) is 0 Å². The molecule has 5 nitrogen and oxygen atoms in total. The Bertz CT molecular complexity index is 489. The molecule has 1 aliphatic heterocycles. The molecule has 1 saturated carbocycles. The lowest BCUT2D eigenvalue weighted by Gasteiger charge is -2.27. The third kappa shape index (κ3) is 3.29. The maximum atomic E-state index is 6.09. The van der Waals surface area contributed by atoms with Crippen molar-refractivity contribution in [2.75, 3.05) is 0 Å². The fraction of sp³-hybridized carbons (Fsp3) is 0.875. The number of hydrogen-bond donors (Lipinski definition) is 1. The first-order valence-electron chi connectivity index (χ1n) is 8.12. The van der Waals surface area contributed by atoms with Crippen LogP contribution in [-0.2, 0) is 11.3 Å². The Morgan fingerprint density at radius 2 is 1.90 bits per heavy atom. The molecule has 0 spiro atoms. The van der Waals surface area contributed by atoms with E-state index >= 15 is 0 Å². The third-order valence-corrected chi connectivity index (χ3v) is 4.78. The summed E-state index contributed by atoms with van der Waals surface area (Å²) in [7, 11) is 0. The molecule has 1 saturated heterocycles. The van der Waals surface area contributed by atoms with Crippen LogP contribution in [0.15, 0.2) is 4.52 Å². The Morgan fingerprint density at radius 3 is 2.52 bits per heavy atom. The molecule has 1 aromatic heterocycles. The molecule has 3 rings (SSSR count). The van der Waals surface area contributed by atoms with E-state index in [0.29, 0.717) is 24.4 Å². The molecule has 0 bridgehead atoms. The SMILES string of the molecule is CC1(C)CC(NCc2nc(C3CCCC3)no2)C(C)(C)O1. The van der Waals surface area contributed by atoms with Crippen molar-refractivity contribution in [1.29, 1.82) is 0 Å². The van der Waals surface area contributed by atoms with E-state index in [1.54, 1.807) is 0 Å². The predicted molar refractivity (Wildman–Crippen MR) is 80.0 cm³/mol. The Hall–Kier alpha value is -0.940. The van der Waals surface area contributed by atoms with Crippen molar-refractivity contribution in [3.05, 3.63) is 11.7 Å². The second-order valence-corrected chi connectivity index (χ2v) is 7.63. The molecule has 1 N–H and O–H groups in total. The smallest absolute Gasteiger partial charge is 0.240 e. The van der Waals surface area contributed by atoms with Gasteiger partial charge in [0.05, 0.1) is 17.7 Å². The normalized spacial score (nSPS) is 28.3. The summed E-state index contributed by atoms with van der Waals surface area (Å²) in [6, 6.07) is 0.300. The summed E-state index contributed by atoms with van der Waals surface area (Å²) in [6.45, 7) is 9.17. The second-order valence-electron chi connectivity index (χ2n) is 7.63. The first-order valence-corrected chi connectivity index (χ1v) is 8.12. The molecular formula is C16H27N3O2. The van der Waals surface area contributed by atoms with Gasteiger partial charge in [-0.2, -0.15) is 4.98 Å². The van der Waals surface area contributed by atoms with Gasteiger partial charge in [-0.1, -0.05) is 18.0 Å². The lowest BCUT2D eigenvalue weighted by atomic mass is 9.94. The maximum absolute atomic E-state index is 6.09. The zero-order chi connectivity index (χ0) is 15.1. The summed E-state index contributed by atoms with van der Waals surface area (Å²) in [5.74, 6) is 2.09. The van der Waals surface area contributed by atoms with Crippen molar-refractivity contribution < 1.29 is 9.26 Å². The Labute approximate surface area is 126 Å². The van der Waals surface area contributed by atoms with Gasteiger partial charge in [-0.15, -0.1) is 0 Å². The molecule has 1 aliphatic carbocycles. The number of nitrogens with one attached hydrogen (secondary N) is 1. The Morgan fingerprint density at radius 1 is 1.19 bits per heavy atom. The van der Waals surface area contributed by atoms with Crippen LogP contribution in [0.1, 0.15) is 77.4 Å². The topological polar surface area (TPSA) is 60.2 Å². The van der Waals surface area contributed by atoms with Crippen LogP contribution in [0.5, 0.6) is 0 Å². The number of ether oxygens (including phenoxy) is 1. The fourth-order valence-electron chi connectivity index (χ4n) is 3.78. The van der Waals surface area contributed by atoms with E-state index in [1.807, 2.05) is 0 Å². The molecule has 1 aromatic rings. The number of hydrogen-bond acceptors (Lipinski definition) is 5. The van der Waals surface area contributed by atoms with Gasteiger partial charge in [0.2, 0.25) is 5.89 Å². The van der Waals surface area contributed by atoms with Crippen LogP contribution in [0.4, 0.5) is 0 Å². The van der Waals surface area contributed by atoms with Crippen LogP contribution in [0.25, 0.3) is 0 Å². The van der Waals surface area contributed by atoms with Crippen molar-refractivity contribution in [3.63, 3.8) is 0 Å². The van der Waals surface area contributed by atoms with Crippen molar-refractivity contribution >= 4 is 0 Å². The van der Waals surface area contributed by atoms with Crippen LogP contribution in [-0.4, -0.2) is 27.4 Å². The Balaban J connectivity index is 1.58. The van der Waals surface area contributed by atoms with Crippen LogP contribution < -0.4 is 5.32 Å². The third-order valence-electron chi connectivity index (χ3n) is 4.78. The minimum Gasteiger partial charge on any atom is -0.368 e. The van der Waals surface area contributed by atoms with Crippen LogP contribution >= 0.6 is 0 Å². The van der Waals surface area contributed by atoms with Gasteiger partial charge in [-0.3, -0.25) is 0 Å². The number of aromatic nitrogens is 2. The standard InChI is InChI=1S/C16H27N3O2/c1-15(2)9-12(16(3,4)21-15)17-10-13-18-14(19-20-13)11-7-5-6-8-11/h11-12,17H,5-10H2,1-4H3. The molecule has 1 unspecified atom stereocenters. The van der Waals surface area contributed by atoms with Crippen molar-refractivity contribution in [3.8, 4) is 0 Å². The summed E-state index contributed by atoms with van der Waals surface area (Å²) in [5, 5.41) is 7.68. The molecule has 0 amide bonds. The molecule has 2 aliphatic rings. The maximum Gasteiger partial charge on any atom is 0.240 e. The average molecular weight is 293 g/mol. The molecular weight excluding hydrogens is 266 g/mol. The summed E-state index contributed by atoms with van der Waals surface area (Å²) < 4.78 is 11.5. The molecule has 118 valence electrons. The average Bonchev–Trinajstić information content (AvgIpc) is 3.05. The zero-order valence-electron chi connectivity index (χ0n) is 13.6. The second kappa shape index (κ2) is 5.36. The van der Waals surface area contributed by atoms with E-state index in [1.165, 1.54) is 25.7 Å². The number of rotatable bonds is 4. The van der Waals surface area contributed by atoms with E-state index < -0.39 is 0 Å². The lowest BCUT2D eigenvalue weighted by Crippen LogP contribution is -2.43. The Kier molecular flexibility index (Phi) is 3.82. The van der Waals surface area contributed by atoms with Gasteiger partial charge < -0.3 is 14.6 Å². The summed E-state index contributed by atoms with van der Waals surface area (Å²) in [4.78, 5) is 4.56. The van der Waals surface area contributed by atoms with Crippen LogP contribution in [0.2, 0.25) is 0 Å². The highest BCUT2D eigenvalue weighted by Crippen LogP contribution is 2.37. The fourth-order valence-corrected chi connectivity index (χ4v) is 3.78. The summed E-state index contributed by atoms with van der Waals surface area (Å²) in [6.07, 6.45) is 5.96. The molecule has 2 fully saturated rings. The van der Waals surface area contributed by atoms with Crippen LogP contribution in [0.3, 0.4) is 0 Å². The van der Waals surface area contributed by atoms with Gasteiger partial charge in [0, 0.05) is 12.0 Å². The minimum absolute atomic E-state index is 0.0784. The first-order chi connectivity index (χ1) is 9.86. The quantitative estimate of drug-likeness (QED) is 0.924. The molecule has 5 heteroatoms. The van der Waals surface area contributed by atoms with Crippen molar-refractivity contribution in [2.45, 2.75) is 89.5 Å². The number of nitrogens with zero attached hydrogens (tertiary/aromatic N) is 2.